The molecule has 1 aromatic rings. The van der Waals surface area contributed by atoms with Crippen LogP contribution in [0.2, 0.25) is 0 Å². The fraction of sp³-hybridized carbons (Fsp3) is 0.692. The molecule has 0 aromatic carbocycles. The van der Waals surface area contributed by atoms with Crippen LogP contribution in [0.15, 0.2) is 12.4 Å². The first-order valence-electron chi connectivity index (χ1n) is 6.87. The summed E-state index contributed by atoms with van der Waals surface area (Å²) >= 11 is 0. The lowest BCUT2D eigenvalue weighted by molar-refractivity contribution is 0.291. The van der Waals surface area contributed by atoms with Gasteiger partial charge in [-0.1, -0.05) is 0 Å². The lowest BCUT2D eigenvalue weighted by Crippen LogP contribution is -2.32. The van der Waals surface area contributed by atoms with Gasteiger partial charge in [-0.05, 0) is 32.5 Å². The smallest absolute Gasteiger partial charge is 0.233 e. The monoisotopic (exact) mass is 265 g/mol. The Bertz CT molecular complexity index is 387. The van der Waals surface area contributed by atoms with E-state index in [1.54, 1.807) is 19.5 Å². The third kappa shape index (κ3) is 4.04. The van der Waals surface area contributed by atoms with Crippen molar-refractivity contribution in [2.45, 2.75) is 12.8 Å². The van der Waals surface area contributed by atoms with E-state index in [4.69, 9.17) is 10.5 Å². The quantitative estimate of drug-likeness (QED) is 0.828. The Kier molecular flexibility index (Phi) is 5.35. The summed E-state index contributed by atoms with van der Waals surface area (Å²) in [7, 11) is 1.62. The number of rotatable bonds is 5. The maximum absolute atomic E-state index is 5.57. The van der Waals surface area contributed by atoms with E-state index in [0.717, 1.165) is 57.9 Å². The Morgan fingerprint density at radius 1 is 1.26 bits per heavy atom. The molecule has 0 saturated carbocycles. The standard InChI is InChI=1S/C13H23N5O/c1-19-13-11-15-10-12(16-13)18-7-3-6-17(8-9-18)5-2-4-14/h10-11H,2-9,14H2,1H3. The van der Waals surface area contributed by atoms with E-state index in [1.165, 1.54) is 0 Å². The predicted octanol–water partition coefficient (Wildman–Crippen LogP) is 0.346. The van der Waals surface area contributed by atoms with Crippen LogP contribution in [0.3, 0.4) is 0 Å². The highest BCUT2D eigenvalue weighted by molar-refractivity contribution is 5.37. The Morgan fingerprint density at radius 2 is 2.16 bits per heavy atom. The van der Waals surface area contributed by atoms with Gasteiger partial charge in [0.1, 0.15) is 0 Å². The van der Waals surface area contributed by atoms with Gasteiger partial charge in [-0.25, -0.2) is 0 Å². The van der Waals surface area contributed by atoms with Gasteiger partial charge in [-0.15, -0.1) is 0 Å². The van der Waals surface area contributed by atoms with Gasteiger partial charge < -0.3 is 20.3 Å². The van der Waals surface area contributed by atoms with Crippen molar-refractivity contribution in [3.8, 4) is 5.88 Å². The second-order valence-corrected chi connectivity index (χ2v) is 4.74. The number of nitrogens with two attached hydrogens (primary N) is 1. The molecule has 1 aliphatic heterocycles. The fourth-order valence-corrected chi connectivity index (χ4v) is 2.33. The third-order valence-electron chi connectivity index (χ3n) is 3.40. The summed E-state index contributed by atoms with van der Waals surface area (Å²) in [5.41, 5.74) is 5.57. The summed E-state index contributed by atoms with van der Waals surface area (Å²) in [6.07, 6.45) is 5.65. The van der Waals surface area contributed by atoms with Gasteiger partial charge in [-0.2, -0.15) is 4.98 Å². The molecule has 0 bridgehead atoms. The molecule has 2 rings (SSSR count). The number of methoxy groups -OCH3 is 1. The molecule has 1 aliphatic rings. The molecule has 0 spiro atoms. The first kappa shape index (κ1) is 14.0. The van der Waals surface area contributed by atoms with Crippen LogP contribution in [0, 0.1) is 0 Å². The maximum Gasteiger partial charge on any atom is 0.233 e. The summed E-state index contributed by atoms with van der Waals surface area (Å²) in [4.78, 5) is 13.4. The van der Waals surface area contributed by atoms with Crippen LogP contribution in [0.4, 0.5) is 5.82 Å². The molecule has 106 valence electrons. The zero-order valence-electron chi connectivity index (χ0n) is 11.6. The summed E-state index contributed by atoms with van der Waals surface area (Å²) in [6, 6.07) is 0. The molecule has 1 aromatic heterocycles. The van der Waals surface area contributed by atoms with Crippen LogP contribution >= 0.6 is 0 Å². The van der Waals surface area contributed by atoms with E-state index >= 15 is 0 Å². The third-order valence-corrected chi connectivity index (χ3v) is 3.40. The van der Waals surface area contributed by atoms with Crippen molar-refractivity contribution in [2.75, 3.05) is 51.3 Å². The summed E-state index contributed by atoms with van der Waals surface area (Å²) < 4.78 is 5.13. The van der Waals surface area contributed by atoms with Crippen molar-refractivity contribution < 1.29 is 4.74 Å². The molecule has 19 heavy (non-hydrogen) atoms. The van der Waals surface area contributed by atoms with Gasteiger partial charge in [0.15, 0.2) is 5.82 Å². The average molecular weight is 265 g/mol. The molecule has 6 heteroatoms. The number of nitrogens with zero attached hydrogens (tertiary/aromatic N) is 4. The first-order chi connectivity index (χ1) is 9.33. The van der Waals surface area contributed by atoms with Gasteiger partial charge in [-0.3, -0.25) is 4.98 Å². The zero-order chi connectivity index (χ0) is 13.5. The van der Waals surface area contributed by atoms with Crippen molar-refractivity contribution >= 4 is 5.82 Å². The van der Waals surface area contributed by atoms with Crippen LogP contribution in [-0.2, 0) is 0 Å². The van der Waals surface area contributed by atoms with Crippen LogP contribution in [0.25, 0.3) is 0 Å². The minimum atomic E-state index is 0.571. The van der Waals surface area contributed by atoms with Crippen molar-refractivity contribution in [1.82, 2.24) is 14.9 Å². The van der Waals surface area contributed by atoms with E-state index < -0.39 is 0 Å². The van der Waals surface area contributed by atoms with E-state index in [0.29, 0.717) is 5.88 Å². The van der Waals surface area contributed by atoms with Crippen molar-refractivity contribution in [2.24, 2.45) is 5.73 Å². The van der Waals surface area contributed by atoms with Gasteiger partial charge in [0.05, 0.1) is 19.5 Å². The number of aromatic nitrogens is 2. The second-order valence-electron chi connectivity index (χ2n) is 4.74. The predicted molar refractivity (Wildman–Crippen MR) is 75.5 cm³/mol. The van der Waals surface area contributed by atoms with Crippen molar-refractivity contribution in [1.29, 1.82) is 0 Å². The summed E-state index contributed by atoms with van der Waals surface area (Å²) in [6.45, 7) is 6.04. The van der Waals surface area contributed by atoms with Gasteiger partial charge >= 0.3 is 0 Å². The highest BCUT2D eigenvalue weighted by atomic mass is 16.5. The van der Waals surface area contributed by atoms with Gasteiger partial charge in [0.2, 0.25) is 5.88 Å². The molecular weight excluding hydrogens is 242 g/mol. The number of anilines is 1. The first-order valence-corrected chi connectivity index (χ1v) is 6.87. The molecule has 2 heterocycles. The average Bonchev–Trinajstić information content (AvgIpc) is 2.70. The molecule has 1 fully saturated rings. The molecule has 0 atom stereocenters. The second kappa shape index (κ2) is 7.25. The summed E-state index contributed by atoms with van der Waals surface area (Å²) in [5, 5.41) is 0. The maximum atomic E-state index is 5.57. The highest BCUT2D eigenvalue weighted by Crippen LogP contribution is 2.15. The van der Waals surface area contributed by atoms with Crippen molar-refractivity contribution in [3.05, 3.63) is 12.4 Å². The van der Waals surface area contributed by atoms with E-state index in [-0.39, 0.29) is 0 Å². The minimum Gasteiger partial charge on any atom is -0.480 e. The highest BCUT2D eigenvalue weighted by Gasteiger charge is 2.16. The van der Waals surface area contributed by atoms with E-state index in [1.807, 2.05) is 0 Å². The molecule has 6 nitrogen and oxygen atoms in total. The van der Waals surface area contributed by atoms with Crippen LogP contribution in [0.1, 0.15) is 12.8 Å². The molecule has 1 saturated heterocycles. The van der Waals surface area contributed by atoms with Crippen LogP contribution < -0.4 is 15.4 Å². The van der Waals surface area contributed by atoms with Crippen LogP contribution in [0.5, 0.6) is 5.88 Å². The largest absolute Gasteiger partial charge is 0.480 e. The number of ether oxygens (including phenoxy) is 1. The Balaban J connectivity index is 1.94. The van der Waals surface area contributed by atoms with Crippen LogP contribution in [-0.4, -0.2) is 61.2 Å². The Hall–Kier alpha value is -1.40. The molecule has 0 aliphatic carbocycles. The van der Waals surface area contributed by atoms with E-state index in [9.17, 15) is 0 Å². The van der Waals surface area contributed by atoms with E-state index in [2.05, 4.69) is 19.8 Å². The SMILES string of the molecule is COc1cncc(N2CCCN(CCCN)CC2)n1. The summed E-state index contributed by atoms with van der Waals surface area (Å²) in [5.74, 6) is 1.47. The van der Waals surface area contributed by atoms with Gasteiger partial charge in [0.25, 0.3) is 0 Å². The molecular formula is C13H23N5O. The lowest BCUT2D eigenvalue weighted by Gasteiger charge is -2.22. The number of hydrogen-bond donors (Lipinski definition) is 1. The minimum absolute atomic E-state index is 0.571. The molecule has 0 amide bonds. The fourth-order valence-electron chi connectivity index (χ4n) is 2.33. The topological polar surface area (TPSA) is 67.5 Å². The molecule has 0 radical (unpaired) electrons. The van der Waals surface area contributed by atoms with Gasteiger partial charge in [0, 0.05) is 19.6 Å². The van der Waals surface area contributed by atoms with Crippen molar-refractivity contribution in [3.63, 3.8) is 0 Å². The Morgan fingerprint density at radius 3 is 2.95 bits per heavy atom. The zero-order valence-corrected chi connectivity index (χ0v) is 11.6. The normalized spacial score (nSPS) is 17.3. The lowest BCUT2D eigenvalue weighted by atomic mass is 10.3. The Labute approximate surface area is 114 Å². The molecule has 0 unspecified atom stereocenters. The number of hydrogen-bond acceptors (Lipinski definition) is 6. The molecule has 2 N–H and O–H groups in total.